The molecular formula is C29H24Cl2N2O4. The second-order valence-electron chi connectivity index (χ2n) is 7.84. The molecule has 0 atom stereocenters. The minimum atomic E-state index is -0.386. The van der Waals surface area contributed by atoms with E-state index in [2.05, 4.69) is 10.5 Å². The van der Waals surface area contributed by atoms with Crippen molar-refractivity contribution in [2.24, 2.45) is 5.10 Å². The van der Waals surface area contributed by atoms with Gasteiger partial charge in [0.1, 0.15) is 12.4 Å². The SMILES string of the molecule is COc1cc(/C=N/NC(=O)COc2ccccc2-c2ccccc2)ccc1OCc1c(Cl)cccc1Cl. The Kier molecular flexibility index (Phi) is 9.03. The number of rotatable bonds is 10. The van der Waals surface area contributed by atoms with E-state index in [4.69, 9.17) is 37.4 Å². The average Bonchev–Trinajstić information content (AvgIpc) is 2.92. The molecule has 188 valence electrons. The highest BCUT2D eigenvalue weighted by atomic mass is 35.5. The molecule has 4 aromatic carbocycles. The lowest BCUT2D eigenvalue weighted by molar-refractivity contribution is -0.123. The molecule has 0 aliphatic heterocycles. The number of ether oxygens (including phenoxy) is 3. The number of hydrazone groups is 1. The standard InChI is InChI=1S/C29H24Cl2N2O4/c1-35-28-16-20(14-15-27(28)36-18-23-24(30)11-7-12-25(23)31)17-32-33-29(34)19-37-26-13-6-5-10-22(26)21-8-3-2-4-9-21/h2-17H,18-19H2,1H3,(H,33,34)/b32-17+. The van der Waals surface area contributed by atoms with Crippen LogP contribution in [0.15, 0.2) is 96.1 Å². The van der Waals surface area contributed by atoms with E-state index in [1.807, 2.05) is 54.6 Å². The molecule has 1 amide bonds. The quantitative estimate of drug-likeness (QED) is 0.180. The van der Waals surface area contributed by atoms with Crippen LogP contribution in [0.2, 0.25) is 10.0 Å². The number of halogens is 2. The number of para-hydroxylation sites is 1. The molecule has 0 aromatic heterocycles. The first kappa shape index (κ1) is 26.1. The van der Waals surface area contributed by atoms with E-state index in [0.717, 1.165) is 11.1 Å². The maximum absolute atomic E-state index is 12.3. The number of carbonyl (C=O) groups excluding carboxylic acids is 1. The third-order valence-corrected chi connectivity index (χ3v) is 6.06. The van der Waals surface area contributed by atoms with E-state index in [9.17, 15) is 4.79 Å². The molecule has 0 aliphatic rings. The van der Waals surface area contributed by atoms with Gasteiger partial charge in [0.25, 0.3) is 5.91 Å². The maximum atomic E-state index is 12.3. The Morgan fingerprint density at radius 3 is 2.32 bits per heavy atom. The summed E-state index contributed by atoms with van der Waals surface area (Å²) < 4.78 is 17.0. The Morgan fingerprint density at radius 2 is 1.57 bits per heavy atom. The van der Waals surface area contributed by atoms with E-state index < -0.39 is 0 Å². The lowest BCUT2D eigenvalue weighted by Crippen LogP contribution is -2.24. The Labute approximate surface area is 225 Å². The first-order chi connectivity index (χ1) is 18.0. The summed E-state index contributed by atoms with van der Waals surface area (Å²) in [5, 5.41) is 5.07. The Morgan fingerprint density at radius 1 is 0.838 bits per heavy atom. The van der Waals surface area contributed by atoms with Crippen molar-refractivity contribution in [1.29, 1.82) is 0 Å². The molecular weight excluding hydrogens is 511 g/mol. The highest BCUT2D eigenvalue weighted by molar-refractivity contribution is 6.35. The summed E-state index contributed by atoms with van der Waals surface area (Å²) in [6.45, 7) is 0.00759. The van der Waals surface area contributed by atoms with Crippen molar-refractivity contribution in [2.75, 3.05) is 13.7 Å². The van der Waals surface area contributed by atoms with Gasteiger partial charge in [0, 0.05) is 21.2 Å². The van der Waals surface area contributed by atoms with E-state index in [0.29, 0.717) is 38.4 Å². The maximum Gasteiger partial charge on any atom is 0.277 e. The molecule has 0 spiro atoms. The third-order valence-electron chi connectivity index (χ3n) is 5.35. The highest BCUT2D eigenvalue weighted by Crippen LogP contribution is 2.31. The van der Waals surface area contributed by atoms with Crippen LogP contribution in [0, 0.1) is 0 Å². The van der Waals surface area contributed by atoms with Crippen LogP contribution in [0.3, 0.4) is 0 Å². The van der Waals surface area contributed by atoms with Gasteiger partial charge in [-0.1, -0.05) is 77.8 Å². The highest BCUT2D eigenvalue weighted by Gasteiger charge is 2.11. The van der Waals surface area contributed by atoms with Crippen molar-refractivity contribution in [1.82, 2.24) is 5.43 Å². The normalized spacial score (nSPS) is 10.8. The zero-order valence-corrected chi connectivity index (χ0v) is 21.5. The molecule has 4 rings (SSSR count). The second kappa shape index (κ2) is 12.8. The molecule has 1 N–H and O–H groups in total. The largest absolute Gasteiger partial charge is 0.493 e. The molecule has 0 heterocycles. The lowest BCUT2D eigenvalue weighted by atomic mass is 10.1. The Hall–Kier alpha value is -4.00. The fourth-order valence-electron chi connectivity index (χ4n) is 3.51. The van der Waals surface area contributed by atoms with Crippen LogP contribution in [-0.2, 0) is 11.4 Å². The molecule has 8 heteroatoms. The summed E-state index contributed by atoms with van der Waals surface area (Å²) in [7, 11) is 1.54. The predicted octanol–water partition coefficient (Wildman–Crippen LogP) is 6.78. The second-order valence-corrected chi connectivity index (χ2v) is 8.66. The van der Waals surface area contributed by atoms with E-state index >= 15 is 0 Å². The predicted molar refractivity (Wildman–Crippen MR) is 147 cm³/mol. The van der Waals surface area contributed by atoms with E-state index in [1.165, 1.54) is 13.3 Å². The average molecular weight is 535 g/mol. The number of amides is 1. The van der Waals surface area contributed by atoms with Crippen molar-refractivity contribution in [3.05, 3.63) is 112 Å². The van der Waals surface area contributed by atoms with Crippen LogP contribution in [0.5, 0.6) is 17.2 Å². The minimum absolute atomic E-state index is 0.179. The zero-order chi connectivity index (χ0) is 26.0. The van der Waals surface area contributed by atoms with E-state index in [-0.39, 0.29) is 19.1 Å². The van der Waals surface area contributed by atoms with Crippen LogP contribution >= 0.6 is 23.2 Å². The van der Waals surface area contributed by atoms with Gasteiger partial charge in [-0.15, -0.1) is 0 Å². The van der Waals surface area contributed by atoms with Gasteiger partial charge in [0.05, 0.1) is 13.3 Å². The molecule has 0 saturated heterocycles. The number of methoxy groups -OCH3 is 1. The van der Waals surface area contributed by atoms with Crippen LogP contribution < -0.4 is 19.6 Å². The summed E-state index contributed by atoms with van der Waals surface area (Å²) in [4.78, 5) is 12.3. The van der Waals surface area contributed by atoms with Crippen molar-refractivity contribution in [3.63, 3.8) is 0 Å². The van der Waals surface area contributed by atoms with Crippen LogP contribution in [0.25, 0.3) is 11.1 Å². The number of nitrogens with one attached hydrogen (secondary N) is 1. The number of benzene rings is 4. The summed E-state index contributed by atoms with van der Waals surface area (Å²) >= 11 is 12.4. The molecule has 37 heavy (non-hydrogen) atoms. The van der Waals surface area contributed by atoms with Gasteiger partial charge in [-0.05, 0) is 47.5 Å². The van der Waals surface area contributed by atoms with Crippen molar-refractivity contribution in [3.8, 4) is 28.4 Å². The summed E-state index contributed by atoms with van der Waals surface area (Å²) in [5.74, 6) is 1.25. The summed E-state index contributed by atoms with van der Waals surface area (Å²) in [5.41, 5.74) is 5.79. The van der Waals surface area contributed by atoms with Gasteiger partial charge in [-0.25, -0.2) is 5.43 Å². The molecule has 4 aromatic rings. The van der Waals surface area contributed by atoms with Gasteiger partial charge in [-0.3, -0.25) is 4.79 Å². The first-order valence-corrected chi connectivity index (χ1v) is 12.1. The topological polar surface area (TPSA) is 69.2 Å². The van der Waals surface area contributed by atoms with Gasteiger partial charge >= 0.3 is 0 Å². The van der Waals surface area contributed by atoms with Crippen LogP contribution in [0.1, 0.15) is 11.1 Å². The van der Waals surface area contributed by atoms with E-state index in [1.54, 1.807) is 36.4 Å². The molecule has 0 radical (unpaired) electrons. The van der Waals surface area contributed by atoms with Crippen molar-refractivity contribution >= 4 is 35.3 Å². The minimum Gasteiger partial charge on any atom is -0.493 e. The Balaban J connectivity index is 1.33. The molecule has 0 unspecified atom stereocenters. The number of carbonyl (C=O) groups is 1. The fraction of sp³-hybridized carbons (Fsp3) is 0.103. The van der Waals surface area contributed by atoms with Gasteiger partial charge < -0.3 is 14.2 Å². The van der Waals surface area contributed by atoms with Crippen molar-refractivity contribution < 1.29 is 19.0 Å². The first-order valence-electron chi connectivity index (χ1n) is 11.4. The molecule has 0 aliphatic carbocycles. The van der Waals surface area contributed by atoms with Crippen molar-refractivity contribution in [2.45, 2.75) is 6.61 Å². The number of nitrogens with zero attached hydrogens (tertiary/aromatic N) is 1. The molecule has 0 bridgehead atoms. The van der Waals surface area contributed by atoms with Crippen LogP contribution in [-0.4, -0.2) is 25.8 Å². The smallest absolute Gasteiger partial charge is 0.277 e. The third kappa shape index (κ3) is 7.03. The van der Waals surface area contributed by atoms with Gasteiger partial charge in [-0.2, -0.15) is 5.10 Å². The number of hydrogen-bond acceptors (Lipinski definition) is 5. The number of hydrogen-bond donors (Lipinski definition) is 1. The summed E-state index contributed by atoms with van der Waals surface area (Å²) in [6, 6.07) is 28.0. The van der Waals surface area contributed by atoms with Gasteiger partial charge in [0.15, 0.2) is 18.1 Å². The fourth-order valence-corrected chi connectivity index (χ4v) is 4.01. The molecule has 0 fully saturated rings. The van der Waals surface area contributed by atoms with Gasteiger partial charge in [0.2, 0.25) is 0 Å². The molecule has 0 saturated carbocycles. The lowest BCUT2D eigenvalue weighted by Gasteiger charge is -2.13. The summed E-state index contributed by atoms with van der Waals surface area (Å²) in [6.07, 6.45) is 1.51. The molecule has 6 nitrogen and oxygen atoms in total. The Bertz CT molecular complexity index is 1370. The monoisotopic (exact) mass is 534 g/mol. The zero-order valence-electron chi connectivity index (χ0n) is 20.0. The van der Waals surface area contributed by atoms with Crippen LogP contribution in [0.4, 0.5) is 0 Å².